The van der Waals surface area contributed by atoms with E-state index in [0.29, 0.717) is 12.5 Å². The zero-order valence-electron chi connectivity index (χ0n) is 12.5. The zero-order valence-corrected chi connectivity index (χ0v) is 13.3. The van der Waals surface area contributed by atoms with E-state index in [1.807, 2.05) is 28.6 Å². The molecular formula is C17H20N2O2S. The van der Waals surface area contributed by atoms with Crippen LogP contribution in [0.5, 0.6) is 0 Å². The summed E-state index contributed by atoms with van der Waals surface area (Å²) in [6.45, 7) is 6.63. The van der Waals surface area contributed by atoms with Gasteiger partial charge >= 0.3 is 0 Å². The summed E-state index contributed by atoms with van der Waals surface area (Å²) in [6, 6.07) is 5.76. The van der Waals surface area contributed by atoms with Crippen LogP contribution in [-0.2, 0) is 4.74 Å². The van der Waals surface area contributed by atoms with Crippen LogP contribution in [0.1, 0.15) is 23.2 Å². The third kappa shape index (κ3) is 3.36. The van der Waals surface area contributed by atoms with Crippen molar-refractivity contribution in [2.75, 3.05) is 26.3 Å². The Bertz CT molecular complexity index is 659. The number of benzene rings is 1. The molecule has 4 nitrogen and oxygen atoms in total. The van der Waals surface area contributed by atoms with Crippen molar-refractivity contribution in [1.29, 1.82) is 0 Å². The maximum absolute atomic E-state index is 12.6. The van der Waals surface area contributed by atoms with E-state index in [9.17, 15) is 4.79 Å². The van der Waals surface area contributed by atoms with Gasteiger partial charge in [0.25, 0.3) is 5.91 Å². The van der Waals surface area contributed by atoms with Gasteiger partial charge in [0.1, 0.15) is 0 Å². The van der Waals surface area contributed by atoms with Crippen molar-refractivity contribution in [3.05, 3.63) is 41.9 Å². The van der Waals surface area contributed by atoms with Crippen LogP contribution < -0.4 is 0 Å². The molecule has 3 rings (SSSR count). The molecule has 0 unspecified atom stereocenters. The predicted octanol–water partition coefficient (Wildman–Crippen LogP) is 3.35. The largest absolute Gasteiger partial charge is 0.377 e. The van der Waals surface area contributed by atoms with Crippen LogP contribution in [0, 0.1) is 5.92 Å². The number of hydrogen-bond acceptors (Lipinski definition) is 4. The van der Waals surface area contributed by atoms with Crippen LogP contribution in [0.2, 0.25) is 0 Å². The number of fused-ring (bicyclic) bond motifs is 1. The van der Waals surface area contributed by atoms with Gasteiger partial charge in [-0.3, -0.25) is 4.79 Å². The van der Waals surface area contributed by atoms with Crippen molar-refractivity contribution in [1.82, 2.24) is 9.88 Å². The standard InChI is InChI=1S/C17H20N2O2S/c1-2-9-21-11-13-5-7-19(8-6-13)17(20)14-3-4-15-16(10-14)22-12-18-15/h2-4,10,12-13H,1,5-9,11H2. The maximum Gasteiger partial charge on any atom is 0.253 e. The average molecular weight is 316 g/mol. The van der Waals surface area contributed by atoms with Gasteiger partial charge in [-0.1, -0.05) is 6.08 Å². The van der Waals surface area contributed by atoms with Gasteiger partial charge < -0.3 is 9.64 Å². The van der Waals surface area contributed by atoms with E-state index >= 15 is 0 Å². The number of aromatic nitrogens is 1. The molecule has 5 heteroatoms. The number of nitrogens with zero attached hydrogens (tertiary/aromatic N) is 2. The molecule has 22 heavy (non-hydrogen) atoms. The Hall–Kier alpha value is -1.72. The Balaban J connectivity index is 1.58. The van der Waals surface area contributed by atoms with Gasteiger partial charge in [0.2, 0.25) is 0 Å². The molecule has 1 aromatic heterocycles. The summed E-state index contributed by atoms with van der Waals surface area (Å²) in [7, 11) is 0. The number of hydrogen-bond donors (Lipinski definition) is 0. The van der Waals surface area contributed by atoms with Crippen LogP contribution in [0.4, 0.5) is 0 Å². The molecule has 1 aromatic carbocycles. The monoisotopic (exact) mass is 316 g/mol. The van der Waals surface area contributed by atoms with E-state index in [1.165, 1.54) is 0 Å². The minimum atomic E-state index is 0.126. The normalized spacial score (nSPS) is 16.1. The highest BCUT2D eigenvalue weighted by atomic mass is 32.1. The van der Waals surface area contributed by atoms with E-state index in [-0.39, 0.29) is 5.91 Å². The van der Waals surface area contributed by atoms with Crippen molar-refractivity contribution in [2.45, 2.75) is 12.8 Å². The molecule has 1 aliphatic heterocycles. The van der Waals surface area contributed by atoms with Crippen LogP contribution in [0.3, 0.4) is 0 Å². The van der Waals surface area contributed by atoms with Crippen LogP contribution in [0.15, 0.2) is 36.4 Å². The van der Waals surface area contributed by atoms with E-state index in [2.05, 4.69) is 11.6 Å². The molecule has 0 radical (unpaired) electrons. The van der Waals surface area contributed by atoms with E-state index in [1.54, 1.807) is 17.4 Å². The second-order valence-electron chi connectivity index (χ2n) is 5.60. The number of likely N-dealkylation sites (tertiary alicyclic amines) is 1. The quantitative estimate of drug-likeness (QED) is 0.627. The summed E-state index contributed by atoms with van der Waals surface area (Å²) in [5, 5.41) is 0. The molecule has 0 aliphatic carbocycles. The number of carbonyl (C=O) groups is 1. The molecular weight excluding hydrogens is 296 g/mol. The molecule has 0 saturated carbocycles. The molecule has 0 atom stereocenters. The lowest BCUT2D eigenvalue weighted by Gasteiger charge is -2.31. The summed E-state index contributed by atoms with van der Waals surface area (Å²) >= 11 is 1.57. The topological polar surface area (TPSA) is 42.4 Å². The summed E-state index contributed by atoms with van der Waals surface area (Å²) in [5.41, 5.74) is 3.53. The summed E-state index contributed by atoms with van der Waals surface area (Å²) in [5.74, 6) is 0.675. The first-order chi connectivity index (χ1) is 10.8. The first kappa shape index (κ1) is 15.2. The lowest BCUT2D eigenvalue weighted by Crippen LogP contribution is -2.39. The smallest absolute Gasteiger partial charge is 0.253 e. The van der Waals surface area contributed by atoms with Gasteiger partial charge in [-0.25, -0.2) is 4.98 Å². The molecule has 116 valence electrons. The number of thiazole rings is 1. The van der Waals surface area contributed by atoms with Crippen molar-refractivity contribution in [3.63, 3.8) is 0 Å². The maximum atomic E-state index is 12.6. The van der Waals surface area contributed by atoms with Gasteiger partial charge in [0.05, 0.1) is 22.3 Å². The number of piperidine rings is 1. The first-order valence-electron chi connectivity index (χ1n) is 7.59. The summed E-state index contributed by atoms with van der Waals surface area (Å²) < 4.78 is 6.58. The number of rotatable bonds is 5. The fraction of sp³-hybridized carbons (Fsp3) is 0.412. The Kier molecular flexibility index (Phi) is 4.85. The van der Waals surface area contributed by atoms with Crippen molar-refractivity contribution >= 4 is 27.5 Å². The SMILES string of the molecule is C=CCOCC1CCN(C(=O)c2ccc3ncsc3c2)CC1. The molecule has 2 aromatic rings. The van der Waals surface area contributed by atoms with Gasteiger partial charge in [0.15, 0.2) is 0 Å². The second-order valence-corrected chi connectivity index (χ2v) is 6.48. The van der Waals surface area contributed by atoms with Crippen LogP contribution in [0.25, 0.3) is 10.2 Å². The molecule has 2 heterocycles. The fourth-order valence-electron chi connectivity index (χ4n) is 2.79. The number of amides is 1. The third-order valence-electron chi connectivity index (χ3n) is 4.07. The summed E-state index contributed by atoms with van der Waals surface area (Å²) in [4.78, 5) is 18.8. The molecule has 0 spiro atoms. The van der Waals surface area contributed by atoms with Crippen LogP contribution in [-0.4, -0.2) is 42.1 Å². The average Bonchev–Trinajstić information content (AvgIpc) is 3.02. The van der Waals surface area contributed by atoms with E-state index in [4.69, 9.17) is 4.74 Å². The van der Waals surface area contributed by atoms with Crippen molar-refractivity contribution in [3.8, 4) is 0 Å². The Morgan fingerprint density at radius 3 is 3.05 bits per heavy atom. The fourth-order valence-corrected chi connectivity index (χ4v) is 3.51. The highest BCUT2D eigenvalue weighted by molar-refractivity contribution is 7.16. The minimum absolute atomic E-state index is 0.126. The second kappa shape index (κ2) is 7.03. The molecule has 1 saturated heterocycles. The molecule has 1 aliphatic rings. The molecule has 1 amide bonds. The Morgan fingerprint density at radius 2 is 2.27 bits per heavy atom. The van der Waals surface area contributed by atoms with E-state index < -0.39 is 0 Å². The first-order valence-corrected chi connectivity index (χ1v) is 8.47. The van der Waals surface area contributed by atoms with Gasteiger partial charge in [-0.15, -0.1) is 17.9 Å². The van der Waals surface area contributed by atoms with Gasteiger partial charge in [-0.2, -0.15) is 0 Å². The highest BCUT2D eigenvalue weighted by Crippen LogP contribution is 2.23. The van der Waals surface area contributed by atoms with Crippen LogP contribution >= 0.6 is 11.3 Å². The molecule has 0 N–H and O–H groups in total. The predicted molar refractivity (Wildman–Crippen MR) is 89.3 cm³/mol. The lowest BCUT2D eigenvalue weighted by molar-refractivity contribution is 0.0576. The third-order valence-corrected chi connectivity index (χ3v) is 4.86. The molecule has 0 bridgehead atoms. The lowest BCUT2D eigenvalue weighted by atomic mass is 9.97. The summed E-state index contributed by atoms with van der Waals surface area (Å²) in [6.07, 6.45) is 3.78. The van der Waals surface area contributed by atoms with Gasteiger partial charge in [-0.05, 0) is 37.0 Å². The minimum Gasteiger partial charge on any atom is -0.377 e. The Morgan fingerprint density at radius 1 is 1.45 bits per heavy atom. The van der Waals surface area contributed by atoms with Gasteiger partial charge in [0, 0.05) is 25.3 Å². The number of carbonyl (C=O) groups excluding carboxylic acids is 1. The van der Waals surface area contributed by atoms with Crippen molar-refractivity contribution in [2.24, 2.45) is 5.92 Å². The number of ether oxygens (including phenoxy) is 1. The van der Waals surface area contributed by atoms with Crippen molar-refractivity contribution < 1.29 is 9.53 Å². The van der Waals surface area contributed by atoms with E-state index in [0.717, 1.165) is 48.3 Å². The molecule has 1 fully saturated rings. The Labute approximate surface area is 134 Å². The highest BCUT2D eigenvalue weighted by Gasteiger charge is 2.23. The zero-order chi connectivity index (χ0) is 15.4.